The second-order valence-corrected chi connectivity index (χ2v) is 8.22. The molecule has 2 aromatic rings. The van der Waals surface area contributed by atoms with Gasteiger partial charge in [-0.25, -0.2) is 4.79 Å². The Morgan fingerprint density at radius 3 is 1.88 bits per heavy atom. The average Bonchev–Trinajstić information content (AvgIpc) is 2.83. The van der Waals surface area contributed by atoms with E-state index in [-0.39, 0.29) is 5.97 Å². The van der Waals surface area contributed by atoms with Gasteiger partial charge in [0.15, 0.2) is 0 Å². The number of ether oxygens (including phenoxy) is 2. The fourth-order valence-corrected chi connectivity index (χ4v) is 3.52. The number of hydrogen-bond acceptors (Lipinski definition) is 4. The molecule has 4 heteroatoms. The van der Waals surface area contributed by atoms with Gasteiger partial charge in [-0.3, -0.25) is 0 Å². The monoisotopic (exact) mass is 438 g/mol. The van der Waals surface area contributed by atoms with E-state index in [0.29, 0.717) is 18.6 Å². The Bertz CT molecular complexity index is 765. The minimum atomic E-state index is -0.261. The smallest absolute Gasteiger partial charge is 0.338 e. The van der Waals surface area contributed by atoms with Crippen LogP contribution in [0, 0.1) is 0 Å². The van der Waals surface area contributed by atoms with Crippen molar-refractivity contribution in [3.05, 3.63) is 54.1 Å². The van der Waals surface area contributed by atoms with Crippen molar-refractivity contribution in [2.75, 3.05) is 13.2 Å². The summed E-state index contributed by atoms with van der Waals surface area (Å²) in [6.07, 6.45) is 13.1. The molecule has 2 aromatic carbocycles. The quantitative estimate of drug-likeness (QED) is 0.147. The van der Waals surface area contributed by atoms with Crippen molar-refractivity contribution < 1.29 is 19.1 Å². The highest BCUT2D eigenvalue weighted by molar-refractivity contribution is 5.90. The molecular formula is C28H38O4. The van der Waals surface area contributed by atoms with E-state index in [1.807, 2.05) is 36.4 Å². The lowest BCUT2D eigenvalue weighted by molar-refractivity contribution is -0.107. The highest BCUT2D eigenvalue weighted by Crippen LogP contribution is 2.23. The van der Waals surface area contributed by atoms with Crippen LogP contribution in [0.5, 0.6) is 5.75 Å². The van der Waals surface area contributed by atoms with Crippen molar-refractivity contribution in [3.63, 3.8) is 0 Å². The van der Waals surface area contributed by atoms with E-state index < -0.39 is 0 Å². The van der Waals surface area contributed by atoms with Gasteiger partial charge in [0, 0.05) is 6.42 Å². The van der Waals surface area contributed by atoms with Crippen molar-refractivity contribution >= 4 is 12.3 Å². The summed E-state index contributed by atoms with van der Waals surface area (Å²) in [5, 5.41) is 0. The normalized spacial score (nSPS) is 10.7. The standard InChI is InChI=1S/C28H38O4/c1-2-3-22-32-28(30)26-15-13-24(14-16-26)25-17-19-27(20-18-25)31-23-12-10-8-6-4-5-7-9-11-21-29/h13-21H,2-12,22-23H2,1H3. The molecule has 32 heavy (non-hydrogen) atoms. The second-order valence-electron chi connectivity index (χ2n) is 8.22. The van der Waals surface area contributed by atoms with E-state index in [1.54, 1.807) is 0 Å². The number of esters is 1. The number of carbonyl (C=O) groups excluding carboxylic acids is 2. The summed E-state index contributed by atoms with van der Waals surface area (Å²) in [6, 6.07) is 15.6. The number of hydrogen-bond donors (Lipinski definition) is 0. The summed E-state index contributed by atoms with van der Waals surface area (Å²) in [5.74, 6) is 0.628. The predicted octanol–water partition coefficient (Wildman–Crippen LogP) is 7.40. The lowest BCUT2D eigenvalue weighted by Gasteiger charge is -2.08. The van der Waals surface area contributed by atoms with Crippen LogP contribution in [0.1, 0.15) is 87.9 Å². The van der Waals surface area contributed by atoms with E-state index >= 15 is 0 Å². The van der Waals surface area contributed by atoms with Gasteiger partial charge in [0.05, 0.1) is 18.8 Å². The molecule has 0 N–H and O–H groups in total. The predicted molar refractivity (Wildman–Crippen MR) is 130 cm³/mol. The largest absolute Gasteiger partial charge is 0.494 e. The minimum Gasteiger partial charge on any atom is -0.494 e. The highest BCUT2D eigenvalue weighted by Gasteiger charge is 2.07. The second kappa shape index (κ2) is 16.1. The molecule has 0 aliphatic carbocycles. The first kappa shape index (κ1) is 25.6. The molecule has 0 amide bonds. The molecule has 0 aliphatic rings. The van der Waals surface area contributed by atoms with Gasteiger partial charge in [0.2, 0.25) is 0 Å². The van der Waals surface area contributed by atoms with Crippen molar-refractivity contribution in [1.29, 1.82) is 0 Å². The van der Waals surface area contributed by atoms with Crippen LogP contribution in [-0.2, 0) is 9.53 Å². The Labute approximate surface area is 193 Å². The van der Waals surface area contributed by atoms with E-state index in [4.69, 9.17) is 9.47 Å². The lowest BCUT2D eigenvalue weighted by Crippen LogP contribution is -2.06. The fourth-order valence-electron chi connectivity index (χ4n) is 3.52. The Balaban J connectivity index is 1.63. The van der Waals surface area contributed by atoms with Gasteiger partial charge in [-0.1, -0.05) is 76.1 Å². The first-order valence-corrected chi connectivity index (χ1v) is 12.2. The molecule has 0 atom stereocenters. The van der Waals surface area contributed by atoms with Gasteiger partial charge in [0.1, 0.15) is 12.0 Å². The number of rotatable bonds is 17. The molecule has 4 nitrogen and oxygen atoms in total. The van der Waals surface area contributed by atoms with Gasteiger partial charge >= 0.3 is 5.97 Å². The molecule has 0 radical (unpaired) electrons. The van der Waals surface area contributed by atoms with Crippen LogP contribution >= 0.6 is 0 Å². The van der Waals surface area contributed by atoms with Crippen LogP contribution in [0.3, 0.4) is 0 Å². The summed E-state index contributed by atoms with van der Waals surface area (Å²) < 4.78 is 11.1. The third kappa shape index (κ3) is 10.1. The topological polar surface area (TPSA) is 52.6 Å². The number of unbranched alkanes of at least 4 members (excludes halogenated alkanes) is 9. The van der Waals surface area contributed by atoms with Crippen LogP contribution in [0.2, 0.25) is 0 Å². The van der Waals surface area contributed by atoms with Gasteiger partial charge < -0.3 is 14.3 Å². The maximum Gasteiger partial charge on any atom is 0.338 e. The number of aldehydes is 1. The van der Waals surface area contributed by atoms with Crippen LogP contribution in [0.15, 0.2) is 48.5 Å². The molecule has 0 aliphatic heterocycles. The Hall–Kier alpha value is -2.62. The fraction of sp³-hybridized carbons (Fsp3) is 0.500. The minimum absolute atomic E-state index is 0.261. The third-order valence-corrected chi connectivity index (χ3v) is 5.52. The van der Waals surface area contributed by atoms with E-state index in [1.165, 1.54) is 38.5 Å². The summed E-state index contributed by atoms with van der Waals surface area (Å²) in [5.41, 5.74) is 2.74. The number of benzene rings is 2. The molecular weight excluding hydrogens is 400 g/mol. The maximum absolute atomic E-state index is 12.0. The van der Waals surface area contributed by atoms with Crippen molar-refractivity contribution in [3.8, 4) is 16.9 Å². The zero-order chi connectivity index (χ0) is 22.9. The molecule has 0 spiro atoms. The van der Waals surface area contributed by atoms with Crippen LogP contribution in [0.4, 0.5) is 0 Å². The van der Waals surface area contributed by atoms with Crippen LogP contribution in [0.25, 0.3) is 11.1 Å². The van der Waals surface area contributed by atoms with Crippen LogP contribution < -0.4 is 4.74 Å². The summed E-state index contributed by atoms with van der Waals surface area (Å²) >= 11 is 0. The van der Waals surface area contributed by atoms with Gasteiger partial charge in [-0.15, -0.1) is 0 Å². The molecule has 0 unspecified atom stereocenters. The first-order valence-electron chi connectivity index (χ1n) is 12.2. The van der Waals surface area contributed by atoms with Crippen molar-refractivity contribution in [2.24, 2.45) is 0 Å². The summed E-state index contributed by atoms with van der Waals surface area (Å²) in [4.78, 5) is 22.3. The Kier molecular flexibility index (Phi) is 12.9. The van der Waals surface area contributed by atoms with Crippen molar-refractivity contribution in [2.45, 2.75) is 77.6 Å². The maximum atomic E-state index is 12.0. The summed E-state index contributed by atoms with van der Waals surface area (Å²) in [6.45, 7) is 3.29. The highest BCUT2D eigenvalue weighted by atomic mass is 16.5. The molecule has 0 saturated carbocycles. The lowest BCUT2D eigenvalue weighted by atomic mass is 10.0. The van der Waals surface area contributed by atoms with Crippen molar-refractivity contribution in [1.82, 2.24) is 0 Å². The number of carbonyl (C=O) groups is 2. The average molecular weight is 439 g/mol. The zero-order valence-corrected chi connectivity index (χ0v) is 19.5. The third-order valence-electron chi connectivity index (χ3n) is 5.52. The molecule has 0 heterocycles. The van der Waals surface area contributed by atoms with Gasteiger partial charge in [0.25, 0.3) is 0 Å². The molecule has 0 bridgehead atoms. The van der Waals surface area contributed by atoms with Crippen LogP contribution in [-0.4, -0.2) is 25.5 Å². The molecule has 0 fully saturated rings. The molecule has 0 saturated heterocycles. The van der Waals surface area contributed by atoms with E-state index in [2.05, 4.69) is 19.1 Å². The first-order chi connectivity index (χ1) is 15.7. The Morgan fingerprint density at radius 2 is 1.28 bits per heavy atom. The molecule has 174 valence electrons. The molecule has 2 rings (SSSR count). The van der Waals surface area contributed by atoms with E-state index in [0.717, 1.165) is 55.5 Å². The molecule has 0 aromatic heterocycles. The zero-order valence-electron chi connectivity index (χ0n) is 19.5. The SMILES string of the molecule is CCCCOC(=O)c1ccc(-c2ccc(OCCCCCCCCCCC=O)cc2)cc1. The van der Waals surface area contributed by atoms with Gasteiger partial charge in [-0.05, 0) is 54.7 Å². The van der Waals surface area contributed by atoms with E-state index in [9.17, 15) is 9.59 Å². The summed E-state index contributed by atoms with van der Waals surface area (Å²) in [7, 11) is 0. The Morgan fingerprint density at radius 1 is 0.719 bits per heavy atom. The van der Waals surface area contributed by atoms with Gasteiger partial charge in [-0.2, -0.15) is 0 Å².